The van der Waals surface area contributed by atoms with Crippen LogP contribution in [-0.4, -0.2) is 67.4 Å². The van der Waals surface area contributed by atoms with Crippen LogP contribution in [0.5, 0.6) is 0 Å². The molecule has 0 spiro atoms. The summed E-state index contributed by atoms with van der Waals surface area (Å²) in [6.45, 7) is 3.02. The van der Waals surface area contributed by atoms with Crippen molar-refractivity contribution in [3.63, 3.8) is 0 Å². The van der Waals surface area contributed by atoms with E-state index in [1.807, 2.05) is 51.9 Å². The fourth-order valence-electron chi connectivity index (χ4n) is 5.19. The number of piperazine rings is 1. The summed E-state index contributed by atoms with van der Waals surface area (Å²) in [7, 11) is 0. The van der Waals surface area contributed by atoms with Crippen molar-refractivity contribution in [1.29, 1.82) is 0 Å². The molecule has 1 amide bonds. The van der Waals surface area contributed by atoms with Crippen molar-refractivity contribution >= 4 is 17.7 Å². The van der Waals surface area contributed by atoms with Crippen molar-refractivity contribution in [2.24, 2.45) is 0 Å². The Hall–Kier alpha value is -4.27. The first kappa shape index (κ1) is 26.0. The van der Waals surface area contributed by atoms with Crippen LogP contribution in [0.25, 0.3) is 17.1 Å². The van der Waals surface area contributed by atoms with Gasteiger partial charge in [-0.1, -0.05) is 90.6 Å². The Morgan fingerprint density at radius 1 is 0.750 bits per heavy atom. The Morgan fingerprint density at radius 2 is 1.38 bits per heavy atom. The number of benzene rings is 3. The summed E-state index contributed by atoms with van der Waals surface area (Å²) >= 11 is 1.42. The van der Waals surface area contributed by atoms with Crippen LogP contribution in [-0.2, 0) is 4.79 Å². The third-order valence-electron chi connectivity index (χ3n) is 7.15. The molecule has 0 saturated carbocycles. The number of pyridine rings is 1. The van der Waals surface area contributed by atoms with Gasteiger partial charge in [-0.2, -0.15) is 0 Å². The Labute approximate surface area is 238 Å². The van der Waals surface area contributed by atoms with Gasteiger partial charge in [-0.05, 0) is 35.4 Å². The van der Waals surface area contributed by atoms with Crippen LogP contribution in [0.15, 0.2) is 121 Å². The second-order valence-corrected chi connectivity index (χ2v) is 10.6. The second-order valence-electron chi connectivity index (χ2n) is 9.65. The van der Waals surface area contributed by atoms with Gasteiger partial charge in [0.05, 0.1) is 11.8 Å². The van der Waals surface area contributed by atoms with E-state index in [0.29, 0.717) is 29.8 Å². The maximum atomic E-state index is 13.3. The predicted molar refractivity (Wildman–Crippen MR) is 158 cm³/mol. The standard InChI is InChI=1S/C32H30N6OS/c39-29(24-40-32-35-34-31(27-15-10-18-33-23-27)38(32)28-16-8-3-9-17-28)36-19-21-37(22-20-36)30(25-11-4-1-5-12-25)26-13-6-2-7-14-26/h1-18,23,30H,19-22,24H2. The average molecular weight is 547 g/mol. The molecule has 0 N–H and O–H groups in total. The van der Waals surface area contributed by atoms with Crippen LogP contribution in [0.3, 0.4) is 0 Å². The zero-order valence-corrected chi connectivity index (χ0v) is 22.9. The maximum absolute atomic E-state index is 13.3. The van der Waals surface area contributed by atoms with Crippen molar-refractivity contribution < 1.29 is 4.79 Å². The summed E-state index contributed by atoms with van der Waals surface area (Å²) in [5.74, 6) is 1.13. The number of amides is 1. The largest absolute Gasteiger partial charge is 0.339 e. The number of rotatable bonds is 8. The second kappa shape index (κ2) is 12.3. The van der Waals surface area contributed by atoms with Crippen molar-refractivity contribution in [3.8, 4) is 17.1 Å². The van der Waals surface area contributed by atoms with Gasteiger partial charge in [-0.25, -0.2) is 0 Å². The lowest BCUT2D eigenvalue weighted by atomic mass is 9.96. The van der Waals surface area contributed by atoms with Crippen LogP contribution < -0.4 is 0 Å². The molecule has 3 heterocycles. The lowest BCUT2D eigenvalue weighted by Crippen LogP contribution is -2.50. The number of carbonyl (C=O) groups is 1. The van der Waals surface area contributed by atoms with Crippen LogP contribution in [0.1, 0.15) is 17.2 Å². The van der Waals surface area contributed by atoms with E-state index in [0.717, 1.165) is 24.3 Å². The van der Waals surface area contributed by atoms with Gasteiger partial charge in [-0.15, -0.1) is 10.2 Å². The highest BCUT2D eigenvalue weighted by atomic mass is 32.2. The first-order valence-electron chi connectivity index (χ1n) is 13.4. The van der Waals surface area contributed by atoms with Gasteiger partial charge in [0, 0.05) is 49.8 Å². The molecule has 6 rings (SSSR count). The molecule has 7 nitrogen and oxygen atoms in total. The smallest absolute Gasteiger partial charge is 0.233 e. The van der Waals surface area contributed by atoms with Crippen molar-refractivity contribution in [2.75, 3.05) is 31.9 Å². The number of nitrogens with zero attached hydrogens (tertiary/aromatic N) is 6. The zero-order chi connectivity index (χ0) is 27.1. The molecule has 5 aromatic rings. The lowest BCUT2D eigenvalue weighted by molar-refractivity contribution is -0.130. The summed E-state index contributed by atoms with van der Waals surface area (Å²) in [4.78, 5) is 22.0. The molecule has 1 aliphatic rings. The molecule has 8 heteroatoms. The highest BCUT2D eigenvalue weighted by Gasteiger charge is 2.28. The van der Waals surface area contributed by atoms with E-state index in [1.165, 1.54) is 22.9 Å². The predicted octanol–water partition coefficient (Wildman–Crippen LogP) is 5.36. The monoisotopic (exact) mass is 546 g/mol. The molecular weight excluding hydrogens is 516 g/mol. The molecule has 1 saturated heterocycles. The first-order valence-corrected chi connectivity index (χ1v) is 14.4. The highest BCUT2D eigenvalue weighted by molar-refractivity contribution is 7.99. The van der Waals surface area contributed by atoms with E-state index >= 15 is 0 Å². The van der Waals surface area contributed by atoms with E-state index in [1.54, 1.807) is 12.4 Å². The first-order chi connectivity index (χ1) is 19.8. The molecule has 1 fully saturated rings. The van der Waals surface area contributed by atoms with Gasteiger partial charge in [0.25, 0.3) is 0 Å². The molecule has 40 heavy (non-hydrogen) atoms. The Kier molecular flexibility index (Phi) is 7.97. The minimum atomic E-state index is 0.117. The van der Waals surface area contributed by atoms with Gasteiger partial charge in [0.15, 0.2) is 11.0 Å². The Morgan fingerprint density at radius 3 is 1.98 bits per heavy atom. The van der Waals surface area contributed by atoms with E-state index in [9.17, 15) is 4.79 Å². The van der Waals surface area contributed by atoms with E-state index in [2.05, 4.69) is 80.7 Å². The fraction of sp³-hybridized carbons (Fsp3) is 0.188. The van der Waals surface area contributed by atoms with Crippen molar-refractivity contribution in [3.05, 3.63) is 127 Å². The Balaban J connectivity index is 1.14. The third kappa shape index (κ3) is 5.68. The van der Waals surface area contributed by atoms with Gasteiger partial charge < -0.3 is 4.90 Å². The normalized spacial score (nSPS) is 14.0. The van der Waals surface area contributed by atoms with Gasteiger partial charge in [0.2, 0.25) is 5.91 Å². The number of hydrogen-bond acceptors (Lipinski definition) is 6. The number of thioether (sulfide) groups is 1. The van der Waals surface area contributed by atoms with Crippen LogP contribution in [0, 0.1) is 0 Å². The molecule has 200 valence electrons. The topological polar surface area (TPSA) is 67.2 Å². The lowest BCUT2D eigenvalue weighted by Gasteiger charge is -2.39. The van der Waals surface area contributed by atoms with Crippen LogP contribution >= 0.6 is 11.8 Å². The summed E-state index contributed by atoms with van der Waals surface area (Å²) in [5.41, 5.74) is 4.37. The van der Waals surface area contributed by atoms with Crippen molar-refractivity contribution in [2.45, 2.75) is 11.2 Å². The minimum absolute atomic E-state index is 0.117. The SMILES string of the molecule is O=C(CSc1nnc(-c2cccnc2)n1-c1ccccc1)N1CCN(C(c2ccccc2)c2ccccc2)CC1. The molecule has 0 aliphatic carbocycles. The number of carbonyl (C=O) groups excluding carboxylic acids is 1. The molecule has 0 atom stereocenters. The van der Waals surface area contributed by atoms with E-state index < -0.39 is 0 Å². The van der Waals surface area contributed by atoms with Gasteiger partial charge in [0.1, 0.15) is 0 Å². The number of hydrogen-bond donors (Lipinski definition) is 0. The average Bonchev–Trinajstić information content (AvgIpc) is 3.46. The van der Waals surface area contributed by atoms with Gasteiger partial charge >= 0.3 is 0 Å². The summed E-state index contributed by atoms with van der Waals surface area (Å²) in [6, 6.07) is 35.2. The van der Waals surface area contributed by atoms with Gasteiger partial charge in [-0.3, -0.25) is 19.2 Å². The highest BCUT2D eigenvalue weighted by Crippen LogP contribution is 2.30. The van der Waals surface area contributed by atoms with Crippen LogP contribution in [0.2, 0.25) is 0 Å². The summed E-state index contributed by atoms with van der Waals surface area (Å²) in [6.07, 6.45) is 3.52. The molecule has 0 bridgehead atoms. The summed E-state index contributed by atoms with van der Waals surface area (Å²) < 4.78 is 2.00. The third-order valence-corrected chi connectivity index (χ3v) is 8.07. The fourth-order valence-corrected chi connectivity index (χ4v) is 6.04. The molecular formula is C32H30N6OS. The van der Waals surface area contributed by atoms with E-state index in [4.69, 9.17) is 0 Å². The maximum Gasteiger partial charge on any atom is 0.233 e. The Bertz CT molecular complexity index is 1480. The molecule has 1 aliphatic heterocycles. The number of aromatic nitrogens is 4. The minimum Gasteiger partial charge on any atom is -0.339 e. The van der Waals surface area contributed by atoms with E-state index in [-0.39, 0.29) is 11.9 Å². The number of para-hydroxylation sites is 1. The molecule has 0 unspecified atom stereocenters. The quantitative estimate of drug-likeness (QED) is 0.244. The molecule has 3 aromatic carbocycles. The van der Waals surface area contributed by atoms with Crippen LogP contribution in [0.4, 0.5) is 0 Å². The summed E-state index contributed by atoms with van der Waals surface area (Å²) in [5, 5.41) is 9.60. The molecule has 2 aromatic heterocycles. The zero-order valence-electron chi connectivity index (χ0n) is 22.1. The molecule has 0 radical (unpaired) electrons. The van der Waals surface area contributed by atoms with Crippen molar-refractivity contribution in [1.82, 2.24) is 29.5 Å².